The van der Waals surface area contributed by atoms with E-state index >= 15 is 0 Å². The van der Waals surface area contributed by atoms with Crippen molar-refractivity contribution in [2.24, 2.45) is 0 Å². The molecular weight excluding hydrogens is 245 g/mol. The van der Waals surface area contributed by atoms with Gasteiger partial charge in [0, 0.05) is 0 Å². The second kappa shape index (κ2) is 5.51. The second-order valence-electron chi connectivity index (χ2n) is 4.07. The molecule has 0 radical (unpaired) electrons. The number of rotatable bonds is 3. The lowest BCUT2D eigenvalue weighted by molar-refractivity contribution is 0.270. The van der Waals surface area contributed by atoms with Crippen LogP contribution >= 0.6 is 0 Å². The van der Waals surface area contributed by atoms with Crippen molar-refractivity contribution < 1.29 is 14.2 Å². The first-order valence-electron chi connectivity index (χ1n) is 5.72. The highest BCUT2D eigenvalue weighted by Crippen LogP contribution is 2.30. The maximum Gasteiger partial charge on any atom is 0.135 e. The van der Waals surface area contributed by atoms with Gasteiger partial charge in [0.1, 0.15) is 17.3 Å². The summed E-state index contributed by atoms with van der Waals surface area (Å²) in [5.41, 5.74) is 1.39. The van der Waals surface area contributed by atoms with Crippen LogP contribution in [0.4, 0.5) is 4.39 Å². The van der Waals surface area contributed by atoms with Crippen molar-refractivity contribution in [2.75, 3.05) is 0 Å². The molecule has 2 aromatic rings. The van der Waals surface area contributed by atoms with Gasteiger partial charge in [-0.15, -0.1) is 0 Å². The standard InChI is InChI=1S/C15H12FNO2/c1-10-5-6-11(8-17)7-15(10)19-14-4-2-3-13(16)12(14)9-18/h2-7,18H,9H2,1H3. The third-order valence-electron chi connectivity index (χ3n) is 2.77. The molecule has 0 fully saturated rings. The minimum Gasteiger partial charge on any atom is -0.457 e. The predicted molar refractivity (Wildman–Crippen MR) is 68.3 cm³/mol. The lowest BCUT2D eigenvalue weighted by atomic mass is 10.1. The molecule has 0 heterocycles. The average molecular weight is 257 g/mol. The van der Waals surface area contributed by atoms with Gasteiger partial charge in [-0.05, 0) is 36.8 Å². The highest BCUT2D eigenvalue weighted by molar-refractivity contribution is 5.45. The minimum atomic E-state index is -0.519. The van der Waals surface area contributed by atoms with E-state index in [1.807, 2.05) is 13.0 Å². The topological polar surface area (TPSA) is 53.2 Å². The largest absolute Gasteiger partial charge is 0.457 e. The number of nitriles is 1. The Balaban J connectivity index is 2.42. The Labute approximate surface area is 110 Å². The average Bonchev–Trinajstić information content (AvgIpc) is 2.41. The number of halogens is 1. The van der Waals surface area contributed by atoms with Crippen LogP contribution in [0.3, 0.4) is 0 Å². The monoisotopic (exact) mass is 257 g/mol. The van der Waals surface area contributed by atoms with E-state index in [4.69, 9.17) is 10.00 Å². The van der Waals surface area contributed by atoms with E-state index in [1.165, 1.54) is 12.1 Å². The van der Waals surface area contributed by atoms with E-state index in [0.717, 1.165) is 5.56 Å². The highest BCUT2D eigenvalue weighted by Gasteiger charge is 2.11. The van der Waals surface area contributed by atoms with Gasteiger partial charge >= 0.3 is 0 Å². The molecule has 0 aliphatic heterocycles. The van der Waals surface area contributed by atoms with E-state index in [-0.39, 0.29) is 11.3 Å². The Hall–Kier alpha value is -2.38. The minimum absolute atomic E-state index is 0.101. The first kappa shape index (κ1) is 13.1. The highest BCUT2D eigenvalue weighted by atomic mass is 19.1. The lowest BCUT2D eigenvalue weighted by Gasteiger charge is -2.12. The van der Waals surface area contributed by atoms with Gasteiger partial charge in [-0.1, -0.05) is 12.1 Å². The Kier molecular flexibility index (Phi) is 3.79. The number of aryl methyl sites for hydroxylation is 1. The molecule has 0 saturated heterocycles. The molecule has 0 spiro atoms. The summed E-state index contributed by atoms with van der Waals surface area (Å²) in [5, 5.41) is 18.0. The fourth-order valence-electron chi connectivity index (χ4n) is 1.69. The summed E-state index contributed by atoms with van der Waals surface area (Å²) in [5.74, 6) is 0.203. The molecular formula is C15H12FNO2. The summed E-state index contributed by atoms with van der Waals surface area (Å²) in [6.45, 7) is 1.38. The molecule has 0 aromatic heterocycles. The van der Waals surface area contributed by atoms with Crippen LogP contribution in [0.1, 0.15) is 16.7 Å². The van der Waals surface area contributed by atoms with Crippen molar-refractivity contribution in [1.29, 1.82) is 5.26 Å². The van der Waals surface area contributed by atoms with Crippen molar-refractivity contribution >= 4 is 0 Å². The molecule has 19 heavy (non-hydrogen) atoms. The first-order chi connectivity index (χ1) is 9.15. The molecule has 1 N–H and O–H groups in total. The molecule has 0 saturated carbocycles. The molecule has 0 amide bonds. The zero-order valence-corrected chi connectivity index (χ0v) is 10.4. The van der Waals surface area contributed by atoms with E-state index < -0.39 is 12.4 Å². The lowest BCUT2D eigenvalue weighted by Crippen LogP contribution is -1.96. The van der Waals surface area contributed by atoms with Crippen LogP contribution in [0.5, 0.6) is 11.5 Å². The zero-order valence-electron chi connectivity index (χ0n) is 10.4. The van der Waals surface area contributed by atoms with Crippen molar-refractivity contribution in [1.82, 2.24) is 0 Å². The van der Waals surface area contributed by atoms with Crippen LogP contribution in [-0.2, 0) is 6.61 Å². The van der Waals surface area contributed by atoms with Crippen molar-refractivity contribution in [3.05, 3.63) is 58.9 Å². The van der Waals surface area contributed by atoms with Crippen molar-refractivity contribution in [3.63, 3.8) is 0 Å². The van der Waals surface area contributed by atoms with Crippen LogP contribution in [-0.4, -0.2) is 5.11 Å². The molecule has 0 aliphatic carbocycles. The van der Waals surface area contributed by atoms with Crippen LogP contribution in [0.2, 0.25) is 0 Å². The number of aliphatic hydroxyl groups excluding tert-OH is 1. The second-order valence-corrected chi connectivity index (χ2v) is 4.07. The Morgan fingerprint density at radius 1 is 1.26 bits per heavy atom. The molecule has 0 bridgehead atoms. The normalized spacial score (nSPS) is 10.0. The van der Waals surface area contributed by atoms with E-state index in [9.17, 15) is 9.50 Å². The summed E-state index contributed by atoms with van der Waals surface area (Å²) in [7, 11) is 0. The number of aliphatic hydroxyl groups is 1. The summed E-state index contributed by atoms with van der Waals surface area (Å²) >= 11 is 0. The predicted octanol–water partition coefficient (Wildman–Crippen LogP) is 3.29. The molecule has 3 nitrogen and oxygen atoms in total. The Bertz CT molecular complexity index is 647. The Morgan fingerprint density at radius 3 is 2.74 bits per heavy atom. The van der Waals surface area contributed by atoms with Gasteiger partial charge < -0.3 is 9.84 Å². The van der Waals surface area contributed by atoms with Gasteiger partial charge in [0.05, 0.1) is 23.8 Å². The Morgan fingerprint density at radius 2 is 2.05 bits per heavy atom. The SMILES string of the molecule is Cc1ccc(C#N)cc1Oc1cccc(F)c1CO. The van der Waals surface area contributed by atoms with E-state index in [1.54, 1.807) is 24.3 Å². The smallest absolute Gasteiger partial charge is 0.135 e. The fraction of sp³-hybridized carbons (Fsp3) is 0.133. The summed E-state index contributed by atoms with van der Waals surface area (Å²) in [4.78, 5) is 0. The van der Waals surface area contributed by atoms with Crippen molar-refractivity contribution in [3.8, 4) is 17.6 Å². The maximum absolute atomic E-state index is 13.5. The van der Waals surface area contributed by atoms with Crippen LogP contribution < -0.4 is 4.74 Å². The summed E-state index contributed by atoms with van der Waals surface area (Å²) < 4.78 is 19.1. The number of nitrogens with zero attached hydrogens (tertiary/aromatic N) is 1. The zero-order chi connectivity index (χ0) is 13.8. The third-order valence-corrected chi connectivity index (χ3v) is 2.77. The number of hydrogen-bond acceptors (Lipinski definition) is 3. The van der Waals surface area contributed by atoms with Crippen LogP contribution in [0.25, 0.3) is 0 Å². The van der Waals surface area contributed by atoms with E-state index in [0.29, 0.717) is 11.3 Å². The van der Waals surface area contributed by atoms with Gasteiger partial charge in [-0.3, -0.25) is 0 Å². The molecule has 0 aliphatic rings. The fourth-order valence-corrected chi connectivity index (χ4v) is 1.69. The third kappa shape index (κ3) is 2.72. The first-order valence-corrected chi connectivity index (χ1v) is 5.72. The van der Waals surface area contributed by atoms with Crippen molar-refractivity contribution in [2.45, 2.75) is 13.5 Å². The number of benzene rings is 2. The van der Waals surface area contributed by atoms with Gasteiger partial charge in [-0.2, -0.15) is 5.26 Å². The van der Waals surface area contributed by atoms with Crippen LogP contribution in [0.15, 0.2) is 36.4 Å². The molecule has 96 valence electrons. The van der Waals surface area contributed by atoms with E-state index in [2.05, 4.69) is 0 Å². The summed E-state index contributed by atoms with van der Waals surface area (Å²) in [6, 6.07) is 11.4. The quantitative estimate of drug-likeness (QED) is 0.917. The van der Waals surface area contributed by atoms with Crippen LogP contribution in [0, 0.1) is 24.1 Å². The molecule has 2 rings (SSSR count). The molecule has 0 atom stereocenters. The maximum atomic E-state index is 13.5. The molecule has 4 heteroatoms. The van der Waals surface area contributed by atoms with Gasteiger partial charge in [0.15, 0.2) is 0 Å². The molecule has 0 unspecified atom stereocenters. The van der Waals surface area contributed by atoms with Gasteiger partial charge in [-0.25, -0.2) is 4.39 Å². The molecule has 2 aromatic carbocycles. The van der Waals surface area contributed by atoms with Gasteiger partial charge in [0.2, 0.25) is 0 Å². The summed E-state index contributed by atoms with van der Waals surface area (Å²) in [6.07, 6.45) is 0. The number of hydrogen-bond donors (Lipinski definition) is 1. The van der Waals surface area contributed by atoms with Gasteiger partial charge in [0.25, 0.3) is 0 Å². The number of ether oxygens (including phenoxy) is 1.